The molecule has 1 aromatic carbocycles. The smallest absolute Gasteiger partial charge is 0.0960 e. The number of alkyl halides is 1. The molecule has 16 heavy (non-hydrogen) atoms. The Bertz CT molecular complexity index is 488. The lowest BCUT2D eigenvalue weighted by Crippen LogP contribution is -1.90. The summed E-state index contributed by atoms with van der Waals surface area (Å²) in [6.07, 6.45) is 0. The molecule has 0 aliphatic carbocycles. The molecule has 0 saturated carbocycles. The van der Waals surface area contributed by atoms with Gasteiger partial charge in [0.2, 0.25) is 0 Å². The Morgan fingerprint density at radius 3 is 2.62 bits per heavy atom. The highest BCUT2D eigenvalue weighted by Gasteiger charge is 2.14. The van der Waals surface area contributed by atoms with E-state index in [-0.39, 0.29) is 5.38 Å². The minimum Gasteiger partial charge on any atom is -0.126 e. The van der Waals surface area contributed by atoms with Crippen LogP contribution in [0.25, 0.3) is 0 Å². The van der Waals surface area contributed by atoms with E-state index in [0.717, 1.165) is 20.3 Å². The molecule has 0 nitrogen and oxygen atoms in total. The Morgan fingerprint density at radius 2 is 2.06 bits per heavy atom. The molecular formula is C12H9Cl2IS. The zero-order valence-electron chi connectivity index (χ0n) is 8.51. The number of thiophene rings is 1. The van der Waals surface area contributed by atoms with Crippen LogP contribution in [-0.4, -0.2) is 0 Å². The van der Waals surface area contributed by atoms with Crippen molar-refractivity contribution in [3.63, 3.8) is 0 Å². The summed E-state index contributed by atoms with van der Waals surface area (Å²) in [5, 5.41) is -0.106. The lowest BCUT2D eigenvalue weighted by atomic mass is 10.1. The highest BCUT2D eigenvalue weighted by Crippen LogP contribution is 2.37. The highest BCUT2D eigenvalue weighted by molar-refractivity contribution is 14.1. The number of rotatable bonds is 2. The van der Waals surface area contributed by atoms with Gasteiger partial charge in [-0.1, -0.05) is 23.7 Å². The molecule has 0 spiro atoms. The molecular weight excluding hydrogens is 374 g/mol. The van der Waals surface area contributed by atoms with Gasteiger partial charge >= 0.3 is 0 Å². The third-order valence-corrected chi connectivity index (χ3v) is 5.17. The van der Waals surface area contributed by atoms with Crippen molar-refractivity contribution in [2.24, 2.45) is 0 Å². The minimum atomic E-state index is -0.106. The Balaban J connectivity index is 2.35. The van der Waals surface area contributed by atoms with Crippen LogP contribution in [0.3, 0.4) is 0 Å². The molecule has 0 N–H and O–H groups in total. The van der Waals surface area contributed by atoms with Crippen molar-refractivity contribution < 1.29 is 0 Å². The van der Waals surface area contributed by atoms with Gasteiger partial charge in [-0.05, 0) is 58.8 Å². The van der Waals surface area contributed by atoms with Gasteiger partial charge in [-0.25, -0.2) is 0 Å². The monoisotopic (exact) mass is 382 g/mol. The van der Waals surface area contributed by atoms with E-state index in [2.05, 4.69) is 40.8 Å². The molecule has 0 amide bonds. The molecule has 1 heterocycles. The first-order valence-corrected chi connectivity index (χ1v) is 7.44. The Kier molecular flexibility index (Phi) is 4.16. The topological polar surface area (TPSA) is 0 Å². The summed E-state index contributed by atoms with van der Waals surface area (Å²) in [4.78, 5) is 1.10. The van der Waals surface area contributed by atoms with E-state index in [1.54, 1.807) is 11.3 Å². The maximum atomic E-state index is 6.44. The SMILES string of the molecule is Cc1cc(C(Cl)c2cccc(I)c2)sc1Cl. The molecule has 1 unspecified atom stereocenters. The highest BCUT2D eigenvalue weighted by atomic mass is 127. The molecule has 0 saturated heterocycles. The predicted octanol–water partition coefficient (Wildman–Crippen LogP) is 5.64. The van der Waals surface area contributed by atoms with Gasteiger partial charge in [0.15, 0.2) is 0 Å². The van der Waals surface area contributed by atoms with Gasteiger partial charge < -0.3 is 0 Å². The lowest BCUT2D eigenvalue weighted by Gasteiger charge is -2.07. The van der Waals surface area contributed by atoms with Crippen molar-refractivity contribution in [2.45, 2.75) is 12.3 Å². The van der Waals surface area contributed by atoms with Gasteiger partial charge in [0.1, 0.15) is 0 Å². The predicted molar refractivity (Wildman–Crippen MR) is 80.9 cm³/mol. The van der Waals surface area contributed by atoms with Crippen molar-refractivity contribution in [3.05, 3.63) is 54.2 Å². The van der Waals surface area contributed by atoms with Crippen molar-refractivity contribution in [1.82, 2.24) is 0 Å². The molecule has 84 valence electrons. The van der Waals surface area contributed by atoms with Crippen LogP contribution in [0.1, 0.15) is 21.4 Å². The van der Waals surface area contributed by atoms with Crippen LogP contribution < -0.4 is 0 Å². The summed E-state index contributed by atoms with van der Waals surface area (Å²) in [6.45, 7) is 2.00. The van der Waals surface area contributed by atoms with Gasteiger partial charge in [-0.3, -0.25) is 0 Å². The molecule has 0 aliphatic rings. The molecule has 0 fully saturated rings. The molecule has 0 bridgehead atoms. The van der Waals surface area contributed by atoms with Crippen LogP contribution >= 0.6 is 57.1 Å². The first-order valence-electron chi connectivity index (χ1n) is 4.73. The van der Waals surface area contributed by atoms with Crippen molar-refractivity contribution >= 4 is 57.1 Å². The van der Waals surface area contributed by atoms with E-state index < -0.39 is 0 Å². The molecule has 0 radical (unpaired) electrons. The standard InChI is InChI=1S/C12H9Cl2IS/c1-7-5-10(16-12(7)14)11(13)8-3-2-4-9(15)6-8/h2-6,11H,1H3. The van der Waals surface area contributed by atoms with E-state index >= 15 is 0 Å². The second kappa shape index (κ2) is 5.25. The fraction of sp³-hybridized carbons (Fsp3) is 0.167. The second-order valence-corrected chi connectivity index (χ2v) is 6.89. The van der Waals surface area contributed by atoms with Gasteiger partial charge in [0.25, 0.3) is 0 Å². The maximum Gasteiger partial charge on any atom is 0.0960 e. The summed E-state index contributed by atoms with van der Waals surface area (Å²) in [7, 11) is 0. The summed E-state index contributed by atoms with van der Waals surface area (Å²) >= 11 is 16.3. The third-order valence-electron chi connectivity index (χ3n) is 2.27. The number of aryl methyl sites for hydroxylation is 1. The number of hydrogen-bond donors (Lipinski definition) is 0. The lowest BCUT2D eigenvalue weighted by molar-refractivity contribution is 1.18. The van der Waals surface area contributed by atoms with Crippen LogP contribution in [-0.2, 0) is 0 Å². The number of halogens is 3. The summed E-state index contributed by atoms with van der Waals surface area (Å²) < 4.78 is 2.02. The van der Waals surface area contributed by atoms with Gasteiger partial charge in [0.05, 0.1) is 9.71 Å². The normalized spacial score (nSPS) is 12.8. The van der Waals surface area contributed by atoms with Crippen LogP contribution in [0.4, 0.5) is 0 Å². The zero-order chi connectivity index (χ0) is 11.7. The Morgan fingerprint density at radius 1 is 1.31 bits per heavy atom. The summed E-state index contributed by atoms with van der Waals surface area (Å²) in [5.41, 5.74) is 2.21. The van der Waals surface area contributed by atoms with Crippen LogP contribution in [0.15, 0.2) is 30.3 Å². The Labute approximate surface area is 123 Å². The fourth-order valence-electron chi connectivity index (χ4n) is 1.44. The van der Waals surface area contributed by atoms with Crippen LogP contribution in [0.2, 0.25) is 4.34 Å². The minimum absolute atomic E-state index is 0.106. The van der Waals surface area contributed by atoms with Gasteiger partial charge in [-0.15, -0.1) is 22.9 Å². The number of benzene rings is 1. The molecule has 2 rings (SSSR count). The van der Waals surface area contributed by atoms with E-state index in [1.807, 2.05) is 19.1 Å². The Hall–Kier alpha value is 0.230. The molecule has 4 heteroatoms. The van der Waals surface area contributed by atoms with Crippen LogP contribution in [0, 0.1) is 10.5 Å². The largest absolute Gasteiger partial charge is 0.126 e. The fourth-order valence-corrected chi connectivity index (χ4v) is 3.56. The van der Waals surface area contributed by atoms with Gasteiger partial charge in [-0.2, -0.15) is 0 Å². The molecule has 1 aromatic heterocycles. The van der Waals surface area contributed by atoms with E-state index in [4.69, 9.17) is 23.2 Å². The quantitative estimate of drug-likeness (QED) is 0.465. The first kappa shape index (κ1) is 12.7. The van der Waals surface area contributed by atoms with Crippen molar-refractivity contribution in [3.8, 4) is 0 Å². The summed E-state index contributed by atoms with van der Waals surface area (Å²) in [5.74, 6) is 0. The van der Waals surface area contributed by atoms with E-state index in [1.165, 1.54) is 3.57 Å². The zero-order valence-corrected chi connectivity index (χ0v) is 13.0. The van der Waals surface area contributed by atoms with Crippen molar-refractivity contribution in [2.75, 3.05) is 0 Å². The van der Waals surface area contributed by atoms with E-state index in [9.17, 15) is 0 Å². The average Bonchev–Trinajstić information content (AvgIpc) is 2.58. The van der Waals surface area contributed by atoms with E-state index in [0.29, 0.717) is 0 Å². The third kappa shape index (κ3) is 2.73. The van der Waals surface area contributed by atoms with Crippen molar-refractivity contribution in [1.29, 1.82) is 0 Å². The molecule has 2 aromatic rings. The maximum absolute atomic E-state index is 6.44. The average molecular weight is 383 g/mol. The first-order chi connectivity index (χ1) is 7.58. The van der Waals surface area contributed by atoms with Gasteiger partial charge in [0, 0.05) is 8.45 Å². The van der Waals surface area contributed by atoms with Crippen LogP contribution in [0.5, 0.6) is 0 Å². The number of hydrogen-bond acceptors (Lipinski definition) is 1. The molecule has 0 aliphatic heterocycles. The molecule has 1 atom stereocenters. The second-order valence-electron chi connectivity index (χ2n) is 3.52. The summed E-state index contributed by atoms with van der Waals surface area (Å²) in [6, 6.07) is 10.3.